The molecule has 2 aliphatic rings. The number of carbonyl (C=O) groups excluding carboxylic acids is 3. The van der Waals surface area contributed by atoms with Crippen molar-refractivity contribution in [2.45, 2.75) is 44.7 Å². The SMILES string of the molecule is CCCC(=O)NC.Fc1ccc(C2CC2)cc1.O=C(NCC(=O)N1CCOCC1)c1ccc(C(F)(F)F)cc1. The molecular formula is C28H35F4N3O4. The van der Waals surface area contributed by atoms with Gasteiger partial charge in [0, 0.05) is 32.1 Å². The minimum Gasteiger partial charge on any atom is -0.378 e. The lowest BCUT2D eigenvalue weighted by Gasteiger charge is -2.26. The highest BCUT2D eigenvalue weighted by molar-refractivity contribution is 5.96. The number of morpholine rings is 1. The van der Waals surface area contributed by atoms with Gasteiger partial charge < -0.3 is 20.3 Å². The zero-order chi connectivity index (χ0) is 28.8. The van der Waals surface area contributed by atoms with Crippen molar-refractivity contribution in [2.75, 3.05) is 39.9 Å². The summed E-state index contributed by atoms with van der Waals surface area (Å²) in [7, 11) is 1.65. The second kappa shape index (κ2) is 15.8. The van der Waals surface area contributed by atoms with Gasteiger partial charge in [0.25, 0.3) is 5.91 Å². The molecule has 2 aromatic rings. The van der Waals surface area contributed by atoms with Gasteiger partial charge in [-0.15, -0.1) is 0 Å². The third-order valence-electron chi connectivity index (χ3n) is 5.91. The van der Waals surface area contributed by atoms with E-state index in [1.807, 2.05) is 19.1 Å². The molecule has 39 heavy (non-hydrogen) atoms. The van der Waals surface area contributed by atoms with Gasteiger partial charge >= 0.3 is 6.18 Å². The maximum Gasteiger partial charge on any atom is 0.416 e. The monoisotopic (exact) mass is 553 g/mol. The molecule has 1 saturated heterocycles. The Balaban J connectivity index is 0.000000256. The third-order valence-corrected chi connectivity index (χ3v) is 5.91. The molecule has 1 aliphatic heterocycles. The Morgan fingerprint density at radius 3 is 2.03 bits per heavy atom. The van der Waals surface area contributed by atoms with Crippen LogP contribution in [0.3, 0.4) is 0 Å². The topological polar surface area (TPSA) is 87.7 Å². The highest BCUT2D eigenvalue weighted by Gasteiger charge is 2.30. The highest BCUT2D eigenvalue weighted by atomic mass is 19.4. The fourth-order valence-electron chi connectivity index (χ4n) is 3.50. The van der Waals surface area contributed by atoms with Crippen LogP contribution in [0.2, 0.25) is 0 Å². The van der Waals surface area contributed by atoms with Crippen LogP contribution in [-0.2, 0) is 20.5 Å². The lowest BCUT2D eigenvalue weighted by atomic mass is 10.1. The van der Waals surface area contributed by atoms with Crippen LogP contribution in [0.4, 0.5) is 17.6 Å². The van der Waals surface area contributed by atoms with Crippen LogP contribution in [0.5, 0.6) is 0 Å². The Labute approximate surface area is 225 Å². The van der Waals surface area contributed by atoms with Crippen LogP contribution in [0.25, 0.3) is 0 Å². The minimum atomic E-state index is -4.44. The van der Waals surface area contributed by atoms with Crippen molar-refractivity contribution in [3.05, 3.63) is 71.0 Å². The van der Waals surface area contributed by atoms with Crippen molar-refractivity contribution in [2.24, 2.45) is 0 Å². The van der Waals surface area contributed by atoms with Crippen molar-refractivity contribution < 1.29 is 36.7 Å². The zero-order valence-electron chi connectivity index (χ0n) is 22.2. The van der Waals surface area contributed by atoms with Crippen LogP contribution >= 0.6 is 0 Å². The number of hydrogen-bond acceptors (Lipinski definition) is 4. The van der Waals surface area contributed by atoms with Crippen LogP contribution < -0.4 is 10.6 Å². The standard InChI is InChI=1S/C14H15F3N2O3.C9H9F.C5H11NO/c15-14(16,17)11-3-1-10(2-4-11)13(21)18-9-12(20)19-5-7-22-8-6-19;10-9-5-3-8(4-6-9)7-1-2-7;1-3-4-5(7)6-2/h1-4H,5-9H2,(H,18,21);3-7H,1-2H2;3-4H2,1-2H3,(H,6,7). The molecule has 2 fully saturated rings. The molecule has 11 heteroatoms. The predicted octanol–water partition coefficient (Wildman–Crippen LogP) is 4.53. The second-order valence-corrected chi connectivity index (χ2v) is 9.00. The average molecular weight is 554 g/mol. The fourth-order valence-corrected chi connectivity index (χ4v) is 3.50. The summed E-state index contributed by atoms with van der Waals surface area (Å²) in [5, 5.41) is 4.93. The van der Waals surface area contributed by atoms with Gasteiger partial charge in [0.1, 0.15) is 5.82 Å². The van der Waals surface area contributed by atoms with E-state index in [0.29, 0.717) is 32.7 Å². The van der Waals surface area contributed by atoms with Crippen molar-refractivity contribution in [1.82, 2.24) is 15.5 Å². The molecule has 2 N–H and O–H groups in total. The van der Waals surface area contributed by atoms with Crippen molar-refractivity contribution >= 4 is 17.7 Å². The summed E-state index contributed by atoms with van der Waals surface area (Å²) in [4.78, 5) is 35.5. The molecule has 0 spiro atoms. The molecule has 0 bridgehead atoms. The quantitative estimate of drug-likeness (QED) is 0.515. The van der Waals surface area contributed by atoms with Gasteiger partial charge in [-0.3, -0.25) is 14.4 Å². The Kier molecular flexibility index (Phi) is 12.9. The lowest BCUT2D eigenvalue weighted by Crippen LogP contribution is -2.45. The van der Waals surface area contributed by atoms with Gasteiger partial charge in [0.2, 0.25) is 11.8 Å². The molecule has 7 nitrogen and oxygen atoms in total. The molecule has 2 aromatic carbocycles. The van der Waals surface area contributed by atoms with Crippen LogP contribution in [0.1, 0.15) is 60.0 Å². The van der Waals surface area contributed by atoms with E-state index in [-0.39, 0.29) is 29.7 Å². The summed E-state index contributed by atoms with van der Waals surface area (Å²) in [6.45, 7) is 3.64. The molecule has 0 atom stereocenters. The summed E-state index contributed by atoms with van der Waals surface area (Å²) in [6.07, 6.45) is -0.297. The first kappa shape index (κ1) is 31.7. The van der Waals surface area contributed by atoms with E-state index in [0.717, 1.165) is 36.6 Å². The van der Waals surface area contributed by atoms with E-state index in [2.05, 4.69) is 10.6 Å². The number of ether oxygens (including phenoxy) is 1. The maximum absolute atomic E-state index is 12.4. The smallest absolute Gasteiger partial charge is 0.378 e. The first-order valence-corrected chi connectivity index (χ1v) is 12.8. The number of benzene rings is 2. The Morgan fingerprint density at radius 2 is 1.56 bits per heavy atom. The first-order valence-electron chi connectivity index (χ1n) is 12.8. The van der Waals surface area contributed by atoms with Crippen LogP contribution in [-0.4, -0.2) is 62.5 Å². The molecule has 0 unspecified atom stereocenters. The first-order chi connectivity index (χ1) is 18.5. The van der Waals surface area contributed by atoms with E-state index >= 15 is 0 Å². The number of nitrogens with zero attached hydrogens (tertiary/aromatic N) is 1. The van der Waals surface area contributed by atoms with E-state index in [1.54, 1.807) is 11.9 Å². The summed E-state index contributed by atoms with van der Waals surface area (Å²) < 4.78 is 54.7. The van der Waals surface area contributed by atoms with E-state index in [4.69, 9.17) is 4.74 Å². The number of nitrogens with one attached hydrogen (secondary N) is 2. The molecular weight excluding hydrogens is 518 g/mol. The Hall–Kier alpha value is -3.47. The molecule has 4 rings (SSSR count). The van der Waals surface area contributed by atoms with Crippen molar-refractivity contribution in [3.8, 4) is 0 Å². The summed E-state index contributed by atoms with van der Waals surface area (Å²) in [5.74, 6) is -0.105. The minimum absolute atomic E-state index is 0.0720. The third kappa shape index (κ3) is 11.8. The summed E-state index contributed by atoms with van der Waals surface area (Å²) in [6, 6.07) is 10.7. The van der Waals surface area contributed by atoms with E-state index in [1.165, 1.54) is 30.5 Å². The highest BCUT2D eigenvalue weighted by Crippen LogP contribution is 2.39. The summed E-state index contributed by atoms with van der Waals surface area (Å²) in [5.41, 5.74) is 0.539. The zero-order valence-corrected chi connectivity index (χ0v) is 22.2. The number of halogens is 4. The number of alkyl halides is 3. The van der Waals surface area contributed by atoms with Gasteiger partial charge in [-0.25, -0.2) is 4.39 Å². The Morgan fingerprint density at radius 1 is 0.974 bits per heavy atom. The van der Waals surface area contributed by atoms with Crippen LogP contribution in [0, 0.1) is 5.82 Å². The molecule has 3 amide bonds. The van der Waals surface area contributed by atoms with Gasteiger partial charge in [-0.1, -0.05) is 19.1 Å². The Bertz CT molecular complexity index is 1050. The van der Waals surface area contributed by atoms with Gasteiger partial charge in [0.05, 0.1) is 25.3 Å². The number of rotatable bonds is 6. The van der Waals surface area contributed by atoms with Crippen molar-refractivity contribution in [3.63, 3.8) is 0 Å². The predicted molar refractivity (Wildman–Crippen MR) is 139 cm³/mol. The molecule has 0 aromatic heterocycles. The fraction of sp³-hybridized carbons (Fsp3) is 0.464. The normalized spacial score (nSPS) is 14.7. The molecule has 214 valence electrons. The van der Waals surface area contributed by atoms with Crippen molar-refractivity contribution in [1.29, 1.82) is 0 Å². The van der Waals surface area contributed by atoms with Crippen LogP contribution in [0.15, 0.2) is 48.5 Å². The molecule has 0 radical (unpaired) electrons. The van der Waals surface area contributed by atoms with E-state index in [9.17, 15) is 31.9 Å². The number of carbonyl (C=O) groups is 3. The molecule has 1 heterocycles. The largest absolute Gasteiger partial charge is 0.416 e. The second-order valence-electron chi connectivity index (χ2n) is 9.00. The van der Waals surface area contributed by atoms with E-state index < -0.39 is 17.6 Å². The maximum atomic E-state index is 12.4. The molecule has 1 aliphatic carbocycles. The van der Waals surface area contributed by atoms with Gasteiger partial charge in [-0.05, 0) is 67.1 Å². The average Bonchev–Trinajstić information content (AvgIpc) is 3.78. The lowest BCUT2D eigenvalue weighted by molar-refractivity contribution is -0.137. The number of hydrogen-bond donors (Lipinski definition) is 2. The molecule has 1 saturated carbocycles. The van der Waals surface area contributed by atoms with Gasteiger partial charge in [-0.2, -0.15) is 13.2 Å². The van der Waals surface area contributed by atoms with Gasteiger partial charge in [0.15, 0.2) is 0 Å². The number of amides is 3. The summed E-state index contributed by atoms with van der Waals surface area (Å²) >= 11 is 0.